The number of nitrogens with zero attached hydrogens (tertiary/aromatic N) is 5. The first-order chi connectivity index (χ1) is 11.6. The third-order valence-electron chi connectivity index (χ3n) is 3.49. The number of amides is 1. The Hall–Kier alpha value is -2.91. The first-order valence-corrected chi connectivity index (χ1v) is 8.02. The van der Waals surface area contributed by atoms with E-state index < -0.39 is 6.03 Å². The van der Waals surface area contributed by atoms with Crippen LogP contribution in [0.25, 0.3) is 27.4 Å². The summed E-state index contributed by atoms with van der Waals surface area (Å²) in [5.74, 6) is 0.506. The van der Waals surface area contributed by atoms with Gasteiger partial charge in [-0.25, -0.2) is 14.8 Å². The highest BCUT2D eigenvalue weighted by molar-refractivity contribution is 7.17. The largest absolute Gasteiger partial charge is 0.399 e. The van der Waals surface area contributed by atoms with Crippen LogP contribution in [0.2, 0.25) is 5.02 Å². The first-order valence-electron chi connectivity index (χ1n) is 6.76. The highest BCUT2D eigenvalue weighted by Gasteiger charge is 2.20. The van der Waals surface area contributed by atoms with Crippen molar-refractivity contribution >= 4 is 45.0 Å². The molecule has 0 aliphatic heterocycles. The second-order valence-corrected chi connectivity index (χ2v) is 6.23. The summed E-state index contributed by atoms with van der Waals surface area (Å²) in [5, 5.41) is 4.76. The number of thiazole rings is 1. The van der Waals surface area contributed by atoms with Crippen LogP contribution < -0.4 is 11.5 Å². The highest BCUT2D eigenvalue weighted by atomic mass is 35.5. The van der Waals surface area contributed by atoms with E-state index in [0.29, 0.717) is 27.9 Å². The van der Waals surface area contributed by atoms with E-state index in [0.717, 1.165) is 14.9 Å². The van der Waals surface area contributed by atoms with Gasteiger partial charge in [0.05, 0.1) is 22.4 Å². The summed E-state index contributed by atoms with van der Waals surface area (Å²) in [6, 6.07) is 4.52. The Morgan fingerprint density at radius 2 is 2.17 bits per heavy atom. The molecular weight excluding hydrogens is 350 g/mol. The van der Waals surface area contributed by atoms with Crippen molar-refractivity contribution < 1.29 is 4.79 Å². The SMILES string of the molecule is NC(=O)n1nc(-n2cncc2-c2ccc(N)cc2Cl)c2scnc21. The molecule has 0 atom stereocenters. The molecule has 10 heteroatoms. The van der Waals surface area contributed by atoms with Crippen LogP contribution in [0.5, 0.6) is 0 Å². The van der Waals surface area contributed by atoms with Gasteiger partial charge in [0.1, 0.15) is 11.0 Å². The molecule has 1 aromatic carbocycles. The molecule has 0 saturated carbocycles. The number of hydrogen-bond acceptors (Lipinski definition) is 6. The Bertz CT molecular complexity index is 1080. The fraction of sp³-hybridized carbons (Fsp3) is 0. The van der Waals surface area contributed by atoms with E-state index in [-0.39, 0.29) is 0 Å². The standard InChI is InChI=1S/C14H10ClN7OS/c15-9-3-7(16)1-2-8(9)10-4-18-5-21(10)13-11-12(19-6-24-11)22(20-13)14(17)23/h1-6H,16H2,(H2,17,23). The lowest BCUT2D eigenvalue weighted by atomic mass is 10.1. The van der Waals surface area contributed by atoms with Crippen molar-refractivity contribution in [2.75, 3.05) is 5.73 Å². The smallest absolute Gasteiger partial charge is 0.341 e. The Morgan fingerprint density at radius 1 is 1.33 bits per heavy atom. The minimum atomic E-state index is -0.704. The average molecular weight is 360 g/mol. The number of carbonyl (C=O) groups is 1. The number of hydrogen-bond donors (Lipinski definition) is 2. The van der Waals surface area contributed by atoms with Crippen LogP contribution in [0.15, 0.2) is 36.2 Å². The maximum Gasteiger partial charge on any atom is 0.341 e. The number of primary amides is 1. The van der Waals surface area contributed by atoms with Crippen LogP contribution in [0.3, 0.4) is 0 Å². The van der Waals surface area contributed by atoms with Gasteiger partial charge in [-0.2, -0.15) is 4.68 Å². The quantitative estimate of drug-likeness (QED) is 0.533. The third kappa shape index (κ3) is 2.14. The molecule has 0 radical (unpaired) electrons. The van der Waals surface area contributed by atoms with Crippen LogP contribution in [0, 0.1) is 0 Å². The summed E-state index contributed by atoms with van der Waals surface area (Å²) in [6.07, 6.45) is 3.25. The number of benzene rings is 1. The highest BCUT2D eigenvalue weighted by Crippen LogP contribution is 2.33. The number of nitrogens with two attached hydrogens (primary N) is 2. The summed E-state index contributed by atoms with van der Waals surface area (Å²) in [4.78, 5) is 19.9. The van der Waals surface area contributed by atoms with Gasteiger partial charge in [-0.05, 0) is 18.2 Å². The average Bonchev–Trinajstić information content (AvgIpc) is 3.21. The van der Waals surface area contributed by atoms with Gasteiger partial charge >= 0.3 is 6.03 Å². The van der Waals surface area contributed by atoms with E-state index in [4.69, 9.17) is 23.1 Å². The first kappa shape index (κ1) is 14.7. The van der Waals surface area contributed by atoms with E-state index in [2.05, 4.69) is 15.1 Å². The zero-order chi connectivity index (χ0) is 16.8. The normalized spacial score (nSPS) is 11.2. The van der Waals surface area contributed by atoms with Gasteiger partial charge in [0.2, 0.25) is 0 Å². The van der Waals surface area contributed by atoms with Crippen molar-refractivity contribution in [2.45, 2.75) is 0 Å². The molecule has 3 aromatic heterocycles. The fourth-order valence-electron chi connectivity index (χ4n) is 2.44. The number of rotatable bonds is 2. The van der Waals surface area contributed by atoms with Gasteiger partial charge in [-0.15, -0.1) is 16.4 Å². The minimum Gasteiger partial charge on any atom is -0.399 e. The maximum atomic E-state index is 11.6. The van der Waals surface area contributed by atoms with E-state index in [1.54, 1.807) is 40.8 Å². The number of carbonyl (C=O) groups excluding carboxylic acids is 1. The predicted molar refractivity (Wildman–Crippen MR) is 92.4 cm³/mol. The molecule has 0 spiro atoms. The molecule has 0 bridgehead atoms. The van der Waals surface area contributed by atoms with E-state index in [1.807, 2.05) is 0 Å². The van der Waals surface area contributed by atoms with Gasteiger partial charge < -0.3 is 11.5 Å². The van der Waals surface area contributed by atoms with Gasteiger partial charge in [0, 0.05) is 11.3 Å². The lowest BCUT2D eigenvalue weighted by molar-refractivity contribution is 0.248. The molecular formula is C14H10ClN7OS. The molecule has 3 heterocycles. The minimum absolute atomic E-state index is 0.408. The van der Waals surface area contributed by atoms with E-state index in [9.17, 15) is 4.79 Å². The number of imidazole rings is 1. The second kappa shape index (κ2) is 5.32. The van der Waals surface area contributed by atoms with Crippen molar-refractivity contribution in [1.82, 2.24) is 24.3 Å². The van der Waals surface area contributed by atoms with E-state index in [1.165, 1.54) is 11.3 Å². The number of fused-ring (bicyclic) bond motifs is 1. The Balaban J connectivity index is 1.95. The summed E-state index contributed by atoms with van der Waals surface area (Å²) in [5.41, 5.74) is 15.2. The summed E-state index contributed by atoms with van der Waals surface area (Å²) < 4.78 is 3.52. The molecule has 4 rings (SSSR count). The summed E-state index contributed by atoms with van der Waals surface area (Å²) >= 11 is 7.66. The van der Waals surface area contributed by atoms with Crippen LogP contribution in [-0.4, -0.2) is 30.3 Å². The van der Waals surface area contributed by atoms with Crippen molar-refractivity contribution in [2.24, 2.45) is 5.73 Å². The molecule has 0 aliphatic rings. The monoisotopic (exact) mass is 359 g/mol. The van der Waals surface area contributed by atoms with Crippen molar-refractivity contribution in [1.29, 1.82) is 0 Å². The topological polar surface area (TPSA) is 118 Å². The van der Waals surface area contributed by atoms with Crippen LogP contribution in [0.1, 0.15) is 0 Å². The molecule has 24 heavy (non-hydrogen) atoms. The molecule has 0 saturated heterocycles. The van der Waals surface area contributed by atoms with Gasteiger partial charge in [-0.3, -0.25) is 4.57 Å². The van der Waals surface area contributed by atoms with Crippen LogP contribution in [0.4, 0.5) is 10.5 Å². The number of halogens is 1. The molecule has 0 aliphatic carbocycles. The molecule has 4 aromatic rings. The molecule has 0 fully saturated rings. The maximum absolute atomic E-state index is 11.6. The summed E-state index contributed by atoms with van der Waals surface area (Å²) in [6.45, 7) is 0. The van der Waals surface area contributed by atoms with E-state index >= 15 is 0 Å². The van der Waals surface area contributed by atoms with Crippen molar-refractivity contribution in [3.63, 3.8) is 0 Å². The Kier molecular flexibility index (Phi) is 3.25. The van der Waals surface area contributed by atoms with Crippen LogP contribution >= 0.6 is 22.9 Å². The Labute approximate surface area is 144 Å². The molecule has 8 nitrogen and oxygen atoms in total. The second-order valence-electron chi connectivity index (χ2n) is 4.97. The number of anilines is 1. The lowest BCUT2D eigenvalue weighted by Gasteiger charge is -2.08. The van der Waals surface area contributed by atoms with Crippen molar-refractivity contribution in [3.8, 4) is 17.1 Å². The number of aromatic nitrogens is 5. The summed E-state index contributed by atoms with van der Waals surface area (Å²) in [7, 11) is 0. The predicted octanol–water partition coefficient (Wildman–Crippen LogP) is 2.51. The zero-order valence-electron chi connectivity index (χ0n) is 12.0. The van der Waals surface area contributed by atoms with Gasteiger partial charge in [0.25, 0.3) is 0 Å². The third-order valence-corrected chi connectivity index (χ3v) is 4.62. The van der Waals surface area contributed by atoms with Crippen molar-refractivity contribution in [3.05, 3.63) is 41.3 Å². The lowest BCUT2D eigenvalue weighted by Crippen LogP contribution is -2.21. The molecule has 120 valence electrons. The van der Waals surface area contributed by atoms with Crippen LogP contribution in [-0.2, 0) is 0 Å². The molecule has 1 amide bonds. The number of nitrogen functional groups attached to an aromatic ring is 1. The Morgan fingerprint density at radius 3 is 2.92 bits per heavy atom. The van der Waals surface area contributed by atoms with Gasteiger partial charge in [-0.1, -0.05) is 11.6 Å². The molecule has 0 unspecified atom stereocenters. The zero-order valence-corrected chi connectivity index (χ0v) is 13.6. The fourth-order valence-corrected chi connectivity index (χ4v) is 3.48. The van der Waals surface area contributed by atoms with Gasteiger partial charge in [0.15, 0.2) is 11.5 Å². The molecule has 4 N–H and O–H groups in total.